The van der Waals surface area contributed by atoms with Gasteiger partial charge in [0.2, 0.25) is 0 Å². The van der Waals surface area contributed by atoms with Crippen molar-refractivity contribution in [2.75, 3.05) is 33.3 Å². The first-order valence-corrected chi connectivity index (χ1v) is 6.24. The Labute approximate surface area is 127 Å². The van der Waals surface area contributed by atoms with E-state index in [1.54, 1.807) is 6.92 Å². The number of oxime groups is 1. The van der Waals surface area contributed by atoms with Crippen molar-refractivity contribution in [2.45, 2.75) is 33.6 Å². The summed E-state index contributed by atoms with van der Waals surface area (Å²) in [5.74, 6) is -0.516. The molecule has 0 atom stereocenters. The van der Waals surface area contributed by atoms with Gasteiger partial charge in [0.1, 0.15) is 0 Å². The molecule has 0 radical (unpaired) electrons. The van der Waals surface area contributed by atoms with Crippen LogP contribution >= 0.6 is 0 Å². The quantitative estimate of drug-likeness (QED) is 0.143. The summed E-state index contributed by atoms with van der Waals surface area (Å²) in [5.41, 5.74) is 0.116. The number of carbonyl (C=O) groups excluding carboxylic acids is 1. The number of esters is 1. The molecule has 0 heterocycles. The van der Waals surface area contributed by atoms with Gasteiger partial charge in [-0.05, 0) is 20.8 Å². The molecule has 0 aromatic rings. The average Bonchev–Trinajstić information content (AvgIpc) is 2.34. The molecule has 0 aromatic carbocycles. The van der Waals surface area contributed by atoms with Crippen molar-refractivity contribution in [2.24, 2.45) is 5.16 Å². The Morgan fingerprint density at radius 1 is 1.28 bits per heavy atom. The van der Waals surface area contributed by atoms with Gasteiger partial charge >= 0.3 is 5.97 Å². The zero-order valence-electron chi connectivity index (χ0n) is 11.8. The van der Waals surface area contributed by atoms with Gasteiger partial charge in [0, 0.05) is 12.8 Å². The Morgan fingerprint density at radius 3 is 2.22 bits per heavy atom. The average molecular weight is 372 g/mol. The van der Waals surface area contributed by atoms with Crippen LogP contribution in [0.1, 0.15) is 33.6 Å². The second-order valence-electron chi connectivity index (χ2n) is 4.35. The van der Waals surface area contributed by atoms with E-state index in [1.807, 2.05) is 0 Å². The Morgan fingerprint density at radius 2 is 1.83 bits per heavy atom. The number of quaternary nitrogens is 1. The Balaban J connectivity index is 0. The Hall–Kier alpha value is -0.370. The van der Waals surface area contributed by atoms with Gasteiger partial charge in [0.15, 0.2) is 5.71 Å². The fourth-order valence-corrected chi connectivity index (χ4v) is 1.58. The summed E-state index contributed by atoms with van der Waals surface area (Å²) in [7, 11) is 2.18. The molecule has 0 aliphatic rings. The van der Waals surface area contributed by atoms with E-state index < -0.39 is 5.97 Å². The van der Waals surface area contributed by atoms with Gasteiger partial charge in [0.25, 0.3) is 0 Å². The van der Waals surface area contributed by atoms with Crippen LogP contribution in [0.3, 0.4) is 0 Å². The van der Waals surface area contributed by atoms with Crippen LogP contribution in [0.5, 0.6) is 0 Å². The zero-order valence-corrected chi connectivity index (χ0v) is 13.9. The van der Waals surface area contributed by atoms with E-state index in [-0.39, 0.29) is 29.7 Å². The highest BCUT2D eigenvalue weighted by Crippen LogP contribution is 2.06. The monoisotopic (exact) mass is 372 g/mol. The number of nitrogens with zero attached hydrogens (tertiary/aromatic N) is 2. The third-order valence-electron chi connectivity index (χ3n) is 3.27. The van der Waals surface area contributed by atoms with Crippen molar-refractivity contribution in [3.63, 3.8) is 0 Å². The molecule has 0 rings (SSSR count). The first kappa shape index (κ1) is 20.0. The minimum absolute atomic E-state index is 0. The lowest BCUT2D eigenvalue weighted by Crippen LogP contribution is -3.00. The summed E-state index contributed by atoms with van der Waals surface area (Å²) >= 11 is 0. The molecule has 6 heteroatoms. The molecule has 108 valence electrons. The minimum Gasteiger partial charge on any atom is -1.00 e. The van der Waals surface area contributed by atoms with Crippen molar-refractivity contribution < 1.29 is 43.2 Å². The van der Waals surface area contributed by atoms with Crippen LogP contribution in [0, 0.1) is 0 Å². The van der Waals surface area contributed by atoms with Gasteiger partial charge in [-0.2, -0.15) is 0 Å². The zero-order chi connectivity index (χ0) is 13.3. The van der Waals surface area contributed by atoms with E-state index in [0.717, 1.165) is 30.5 Å². The van der Waals surface area contributed by atoms with Crippen LogP contribution in [0.25, 0.3) is 0 Å². The van der Waals surface area contributed by atoms with E-state index in [2.05, 4.69) is 26.1 Å². The first-order chi connectivity index (χ1) is 8.02. The molecule has 1 N–H and O–H groups in total. The molecule has 0 amide bonds. The maximum absolute atomic E-state index is 11.4. The summed E-state index contributed by atoms with van der Waals surface area (Å²) in [5, 5.41) is 11.8. The molecular weight excluding hydrogens is 347 g/mol. The van der Waals surface area contributed by atoms with Crippen molar-refractivity contribution in [1.29, 1.82) is 0 Å². The predicted octanol–water partition coefficient (Wildman–Crippen LogP) is -1.35. The SMILES string of the molecule is CCOC(=O)/C(CCC[N+](C)(CC)CC)=N\O.[I-]. The lowest BCUT2D eigenvalue weighted by molar-refractivity contribution is -0.906. The second kappa shape index (κ2) is 10.5. The lowest BCUT2D eigenvalue weighted by Gasteiger charge is -2.32. The molecule has 0 saturated carbocycles. The highest BCUT2D eigenvalue weighted by atomic mass is 127. The van der Waals surface area contributed by atoms with Crippen molar-refractivity contribution in [3.05, 3.63) is 0 Å². The maximum Gasteiger partial charge on any atom is 0.356 e. The van der Waals surface area contributed by atoms with Crippen molar-refractivity contribution in [3.8, 4) is 0 Å². The fourth-order valence-electron chi connectivity index (χ4n) is 1.58. The Bertz CT molecular complexity index is 266. The highest BCUT2D eigenvalue weighted by molar-refractivity contribution is 6.36. The van der Waals surface area contributed by atoms with E-state index >= 15 is 0 Å². The first-order valence-electron chi connectivity index (χ1n) is 6.24. The van der Waals surface area contributed by atoms with Gasteiger partial charge in [-0.15, -0.1) is 0 Å². The molecule has 0 aliphatic carbocycles. The molecule has 0 unspecified atom stereocenters. The minimum atomic E-state index is -0.516. The van der Waals surface area contributed by atoms with Crippen LogP contribution in [0.15, 0.2) is 5.16 Å². The molecular formula is C12H25IN2O3. The molecule has 0 aromatic heterocycles. The standard InChI is InChI=1S/C12H24N2O3.HI/c1-5-14(4,6-2)10-8-9-11(13-16)12(15)17-7-3;/h5-10H2,1-4H3;1H. The van der Waals surface area contributed by atoms with E-state index in [0.29, 0.717) is 13.0 Å². The predicted molar refractivity (Wildman–Crippen MR) is 67.2 cm³/mol. The van der Waals surface area contributed by atoms with E-state index in [4.69, 9.17) is 9.94 Å². The van der Waals surface area contributed by atoms with Gasteiger partial charge in [-0.3, -0.25) is 0 Å². The number of carbonyl (C=O) groups is 1. The van der Waals surface area contributed by atoms with Crippen LogP contribution in [0.4, 0.5) is 0 Å². The van der Waals surface area contributed by atoms with Gasteiger partial charge in [0.05, 0.1) is 33.3 Å². The van der Waals surface area contributed by atoms with Crippen LogP contribution in [-0.2, 0) is 9.53 Å². The highest BCUT2D eigenvalue weighted by Gasteiger charge is 2.18. The summed E-state index contributed by atoms with van der Waals surface area (Å²) in [6.45, 7) is 9.41. The fraction of sp³-hybridized carbons (Fsp3) is 0.833. The Kier molecular flexibility index (Phi) is 11.7. The molecule has 0 saturated heterocycles. The summed E-state index contributed by atoms with van der Waals surface area (Å²) in [6.07, 6.45) is 1.28. The summed E-state index contributed by atoms with van der Waals surface area (Å²) < 4.78 is 5.76. The van der Waals surface area contributed by atoms with E-state index in [1.165, 1.54) is 0 Å². The summed E-state index contributed by atoms with van der Waals surface area (Å²) in [4.78, 5) is 11.4. The van der Waals surface area contributed by atoms with Gasteiger partial charge in [-0.1, -0.05) is 5.16 Å². The number of rotatable bonds is 8. The third kappa shape index (κ3) is 7.15. The van der Waals surface area contributed by atoms with Crippen LogP contribution in [-0.4, -0.2) is 54.7 Å². The smallest absolute Gasteiger partial charge is 0.356 e. The largest absolute Gasteiger partial charge is 1.00 e. The van der Waals surface area contributed by atoms with Crippen LogP contribution in [0.2, 0.25) is 0 Å². The topological polar surface area (TPSA) is 58.9 Å². The van der Waals surface area contributed by atoms with Gasteiger partial charge < -0.3 is 38.4 Å². The number of hydrogen-bond acceptors (Lipinski definition) is 4. The lowest BCUT2D eigenvalue weighted by atomic mass is 10.2. The number of halogens is 1. The third-order valence-corrected chi connectivity index (χ3v) is 3.27. The molecule has 5 nitrogen and oxygen atoms in total. The molecule has 0 spiro atoms. The molecule has 18 heavy (non-hydrogen) atoms. The second-order valence-corrected chi connectivity index (χ2v) is 4.35. The molecule has 0 fully saturated rings. The molecule has 0 aliphatic heterocycles. The number of ether oxygens (including phenoxy) is 1. The van der Waals surface area contributed by atoms with Gasteiger partial charge in [-0.25, -0.2) is 4.79 Å². The van der Waals surface area contributed by atoms with E-state index in [9.17, 15) is 4.79 Å². The molecule has 0 bridgehead atoms. The van der Waals surface area contributed by atoms with Crippen molar-refractivity contribution in [1.82, 2.24) is 0 Å². The van der Waals surface area contributed by atoms with Crippen molar-refractivity contribution >= 4 is 11.7 Å². The van der Waals surface area contributed by atoms with Crippen LogP contribution < -0.4 is 24.0 Å². The normalized spacial score (nSPS) is 11.9. The summed E-state index contributed by atoms with van der Waals surface area (Å²) in [6, 6.07) is 0. The number of hydrogen-bond donors (Lipinski definition) is 1. The maximum atomic E-state index is 11.4.